The molecule has 2 heteroatoms. The molecular formula is C9H12O2. The third-order valence-electron chi connectivity index (χ3n) is 3.30. The van der Waals surface area contributed by atoms with E-state index in [0.29, 0.717) is 31.0 Å². The molecule has 0 radical (unpaired) electrons. The number of hydrogen-bond donors (Lipinski definition) is 0. The van der Waals surface area contributed by atoms with Gasteiger partial charge in [-0.3, -0.25) is 9.59 Å². The van der Waals surface area contributed by atoms with Crippen LogP contribution in [-0.4, -0.2) is 11.6 Å². The highest BCUT2D eigenvalue weighted by atomic mass is 16.1. The summed E-state index contributed by atoms with van der Waals surface area (Å²) in [6, 6.07) is 0. The molecule has 11 heavy (non-hydrogen) atoms. The Hall–Kier alpha value is -0.660. The summed E-state index contributed by atoms with van der Waals surface area (Å²) in [7, 11) is 0. The van der Waals surface area contributed by atoms with E-state index in [0.717, 1.165) is 6.42 Å². The largest absolute Gasteiger partial charge is 0.300 e. The molecule has 0 aromatic carbocycles. The van der Waals surface area contributed by atoms with Crippen LogP contribution in [0.15, 0.2) is 0 Å². The Kier molecular flexibility index (Phi) is 1.23. The third kappa shape index (κ3) is 0.784. The van der Waals surface area contributed by atoms with Crippen molar-refractivity contribution in [3.8, 4) is 0 Å². The summed E-state index contributed by atoms with van der Waals surface area (Å²) < 4.78 is 0. The average Bonchev–Trinajstić information content (AvgIpc) is 2.32. The highest BCUT2D eigenvalue weighted by molar-refractivity contribution is 5.96. The number of Topliss-reactive ketones (excluding diaryl/α,β-unsaturated/α-hetero) is 2. The van der Waals surface area contributed by atoms with Gasteiger partial charge >= 0.3 is 0 Å². The molecule has 2 atom stereocenters. The zero-order chi connectivity index (χ0) is 8.06. The van der Waals surface area contributed by atoms with Gasteiger partial charge in [-0.1, -0.05) is 6.92 Å². The van der Waals surface area contributed by atoms with Crippen LogP contribution in [0.25, 0.3) is 0 Å². The number of fused-ring (bicyclic) bond motifs is 1. The van der Waals surface area contributed by atoms with E-state index in [1.807, 2.05) is 6.92 Å². The Labute approximate surface area is 66.0 Å². The van der Waals surface area contributed by atoms with Crippen LogP contribution < -0.4 is 0 Å². The zero-order valence-corrected chi connectivity index (χ0v) is 6.72. The fraction of sp³-hybridized carbons (Fsp3) is 0.778. The molecule has 2 rings (SSSR count). The van der Waals surface area contributed by atoms with Crippen molar-refractivity contribution in [2.24, 2.45) is 11.3 Å². The molecule has 0 aromatic heterocycles. The van der Waals surface area contributed by atoms with Crippen molar-refractivity contribution in [2.45, 2.75) is 32.6 Å². The van der Waals surface area contributed by atoms with Crippen LogP contribution in [0.1, 0.15) is 32.6 Å². The van der Waals surface area contributed by atoms with Crippen LogP contribution in [0.2, 0.25) is 0 Å². The highest BCUT2D eigenvalue weighted by Gasteiger charge is 2.51. The van der Waals surface area contributed by atoms with Crippen molar-refractivity contribution in [3.05, 3.63) is 0 Å². The minimum atomic E-state index is -0.253. The smallest absolute Gasteiger partial charge is 0.139 e. The van der Waals surface area contributed by atoms with Gasteiger partial charge in [0.25, 0.3) is 0 Å². The van der Waals surface area contributed by atoms with Gasteiger partial charge in [-0.05, 0) is 12.3 Å². The predicted octanol–water partition coefficient (Wildman–Crippen LogP) is 1.33. The lowest BCUT2D eigenvalue weighted by molar-refractivity contribution is -0.127. The fourth-order valence-corrected chi connectivity index (χ4v) is 2.46. The van der Waals surface area contributed by atoms with Gasteiger partial charge in [0.15, 0.2) is 0 Å². The molecule has 2 fully saturated rings. The quantitative estimate of drug-likeness (QED) is 0.524. The molecule has 0 saturated heterocycles. The Morgan fingerprint density at radius 2 is 2.18 bits per heavy atom. The summed E-state index contributed by atoms with van der Waals surface area (Å²) in [5, 5.41) is 0. The topological polar surface area (TPSA) is 34.1 Å². The van der Waals surface area contributed by atoms with Gasteiger partial charge in [-0.25, -0.2) is 0 Å². The van der Waals surface area contributed by atoms with Crippen LogP contribution in [0.3, 0.4) is 0 Å². The Morgan fingerprint density at radius 3 is 2.82 bits per heavy atom. The van der Waals surface area contributed by atoms with Crippen molar-refractivity contribution in [2.75, 3.05) is 0 Å². The lowest BCUT2D eigenvalue weighted by Crippen LogP contribution is -2.23. The minimum absolute atomic E-state index is 0.253. The van der Waals surface area contributed by atoms with Crippen molar-refractivity contribution < 1.29 is 9.59 Å². The third-order valence-corrected chi connectivity index (χ3v) is 3.30. The Morgan fingerprint density at radius 1 is 1.45 bits per heavy atom. The lowest BCUT2D eigenvalue weighted by Gasteiger charge is -2.19. The van der Waals surface area contributed by atoms with E-state index in [2.05, 4.69) is 0 Å². The molecule has 0 heterocycles. The summed E-state index contributed by atoms with van der Waals surface area (Å²) >= 11 is 0. The standard InChI is InChI=1S/C9H12O2/c1-9-5-7(10)4-6(9)2-3-8(9)11/h6H,2-5H2,1H3. The maximum absolute atomic E-state index is 11.4. The summed E-state index contributed by atoms with van der Waals surface area (Å²) in [4.78, 5) is 22.4. The zero-order valence-electron chi connectivity index (χ0n) is 6.72. The normalized spacial score (nSPS) is 43.2. The molecule has 0 bridgehead atoms. The number of ketones is 2. The molecule has 0 aromatic rings. The highest BCUT2D eigenvalue weighted by Crippen LogP contribution is 2.49. The first-order chi connectivity index (χ1) is 5.13. The molecule has 0 N–H and O–H groups in total. The first kappa shape index (κ1) is 7.01. The SMILES string of the molecule is CC12CC(=O)CC1CCC2=O. The number of carbonyl (C=O) groups is 2. The first-order valence-electron chi connectivity index (χ1n) is 4.18. The van der Waals surface area contributed by atoms with Gasteiger partial charge in [0.2, 0.25) is 0 Å². The average molecular weight is 152 g/mol. The maximum Gasteiger partial charge on any atom is 0.139 e. The van der Waals surface area contributed by atoms with Crippen LogP contribution in [0.5, 0.6) is 0 Å². The molecule has 2 aliphatic carbocycles. The van der Waals surface area contributed by atoms with E-state index in [1.54, 1.807) is 0 Å². The van der Waals surface area contributed by atoms with E-state index in [-0.39, 0.29) is 11.2 Å². The predicted molar refractivity (Wildman–Crippen MR) is 40.1 cm³/mol. The summed E-state index contributed by atoms with van der Waals surface area (Å²) in [6.07, 6.45) is 2.81. The fourth-order valence-electron chi connectivity index (χ4n) is 2.46. The maximum atomic E-state index is 11.4. The van der Waals surface area contributed by atoms with Gasteiger partial charge < -0.3 is 0 Å². The van der Waals surface area contributed by atoms with E-state index >= 15 is 0 Å². The minimum Gasteiger partial charge on any atom is -0.300 e. The second-order valence-electron chi connectivity index (χ2n) is 4.00. The Bertz CT molecular complexity index is 232. The summed E-state index contributed by atoms with van der Waals surface area (Å²) in [5.41, 5.74) is -0.253. The van der Waals surface area contributed by atoms with Crippen LogP contribution >= 0.6 is 0 Å². The van der Waals surface area contributed by atoms with E-state index in [1.165, 1.54) is 0 Å². The van der Waals surface area contributed by atoms with Crippen molar-refractivity contribution in [1.82, 2.24) is 0 Å². The molecule has 0 amide bonds. The molecule has 2 unspecified atom stereocenters. The van der Waals surface area contributed by atoms with Crippen molar-refractivity contribution >= 4 is 11.6 Å². The monoisotopic (exact) mass is 152 g/mol. The van der Waals surface area contributed by atoms with Crippen LogP contribution in [0.4, 0.5) is 0 Å². The second kappa shape index (κ2) is 1.93. The van der Waals surface area contributed by atoms with Gasteiger partial charge in [-0.15, -0.1) is 0 Å². The summed E-state index contributed by atoms with van der Waals surface area (Å²) in [6.45, 7) is 1.96. The lowest BCUT2D eigenvalue weighted by atomic mass is 9.82. The van der Waals surface area contributed by atoms with Crippen LogP contribution in [-0.2, 0) is 9.59 Å². The summed E-state index contributed by atoms with van der Waals surface area (Å²) in [5.74, 6) is 0.974. The Balaban J connectivity index is 2.33. The molecule has 0 spiro atoms. The van der Waals surface area contributed by atoms with Gasteiger partial charge in [-0.2, -0.15) is 0 Å². The van der Waals surface area contributed by atoms with E-state index in [9.17, 15) is 9.59 Å². The molecular weight excluding hydrogens is 140 g/mol. The van der Waals surface area contributed by atoms with Crippen LogP contribution in [0, 0.1) is 11.3 Å². The van der Waals surface area contributed by atoms with Crippen molar-refractivity contribution in [3.63, 3.8) is 0 Å². The van der Waals surface area contributed by atoms with Crippen molar-refractivity contribution in [1.29, 1.82) is 0 Å². The van der Waals surface area contributed by atoms with Gasteiger partial charge in [0, 0.05) is 24.7 Å². The molecule has 2 aliphatic rings. The molecule has 2 nitrogen and oxygen atoms in total. The van der Waals surface area contributed by atoms with Gasteiger partial charge in [0.05, 0.1) is 0 Å². The number of rotatable bonds is 0. The van der Waals surface area contributed by atoms with E-state index in [4.69, 9.17) is 0 Å². The molecule has 2 saturated carbocycles. The molecule has 60 valence electrons. The van der Waals surface area contributed by atoms with E-state index < -0.39 is 0 Å². The second-order valence-corrected chi connectivity index (χ2v) is 4.00. The number of hydrogen-bond acceptors (Lipinski definition) is 2. The first-order valence-corrected chi connectivity index (χ1v) is 4.18. The van der Waals surface area contributed by atoms with Gasteiger partial charge in [0.1, 0.15) is 11.6 Å². The number of carbonyl (C=O) groups excluding carboxylic acids is 2. The molecule has 0 aliphatic heterocycles.